The molecule has 110 valence electrons. The second-order valence-corrected chi connectivity index (χ2v) is 5.32. The topological polar surface area (TPSA) is 46.5 Å². The van der Waals surface area contributed by atoms with E-state index in [4.69, 9.17) is 9.84 Å². The summed E-state index contributed by atoms with van der Waals surface area (Å²) >= 11 is 1.96. The smallest absolute Gasteiger partial charge is 0.416 e. The number of aromatic carboxylic acids is 1. The van der Waals surface area contributed by atoms with Crippen molar-refractivity contribution in [2.45, 2.75) is 6.18 Å². The molecule has 0 saturated heterocycles. The highest BCUT2D eigenvalue weighted by Crippen LogP contribution is 2.32. The van der Waals surface area contributed by atoms with Crippen molar-refractivity contribution in [1.82, 2.24) is 0 Å². The molecule has 0 saturated carbocycles. The van der Waals surface area contributed by atoms with Crippen LogP contribution in [0.4, 0.5) is 13.2 Å². The molecular weight excluding hydrogens is 400 g/mol. The summed E-state index contributed by atoms with van der Waals surface area (Å²) in [6, 6.07) is 8.57. The van der Waals surface area contributed by atoms with Crippen molar-refractivity contribution in [3.8, 4) is 11.5 Å². The van der Waals surface area contributed by atoms with E-state index >= 15 is 0 Å². The van der Waals surface area contributed by atoms with Crippen LogP contribution in [0.3, 0.4) is 0 Å². The third-order valence-electron chi connectivity index (χ3n) is 2.58. The third-order valence-corrected chi connectivity index (χ3v) is 3.25. The van der Waals surface area contributed by atoms with Gasteiger partial charge in [0.2, 0.25) is 0 Å². The highest BCUT2D eigenvalue weighted by atomic mass is 127. The van der Waals surface area contributed by atoms with Crippen molar-refractivity contribution in [2.24, 2.45) is 0 Å². The molecule has 0 radical (unpaired) electrons. The first-order valence-corrected chi connectivity index (χ1v) is 6.73. The van der Waals surface area contributed by atoms with E-state index in [0.29, 0.717) is 3.57 Å². The van der Waals surface area contributed by atoms with E-state index in [1.165, 1.54) is 12.1 Å². The number of hydrogen-bond acceptors (Lipinski definition) is 2. The Morgan fingerprint density at radius 1 is 1.10 bits per heavy atom. The largest absolute Gasteiger partial charge is 0.478 e. The highest BCUT2D eigenvalue weighted by molar-refractivity contribution is 14.1. The Bertz CT molecular complexity index is 666. The summed E-state index contributed by atoms with van der Waals surface area (Å²) in [5, 5.41) is 9.09. The molecule has 0 aliphatic heterocycles. The van der Waals surface area contributed by atoms with Crippen LogP contribution in [0.5, 0.6) is 11.5 Å². The quantitative estimate of drug-likeness (QED) is 0.743. The summed E-state index contributed by atoms with van der Waals surface area (Å²) in [6.07, 6.45) is -4.42. The Morgan fingerprint density at radius 2 is 1.71 bits per heavy atom. The molecule has 3 nitrogen and oxygen atoms in total. The van der Waals surface area contributed by atoms with Gasteiger partial charge in [0, 0.05) is 3.57 Å². The zero-order valence-corrected chi connectivity index (χ0v) is 12.5. The summed E-state index contributed by atoms with van der Waals surface area (Å²) in [5.74, 6) is -0.968. The molecule has 0 unspecified atom stereocenters. The maximum Gasteiger partial charge on any atom is 0.416 e. The van der Waals surface area contributed by atoms with Crippen LogP contribution >= 0.6 is 22.6 Å². The number of rotatable bonds is 3. The van der Waals surface area contributed by atoms with Crippen molar-refractivity contribution in [2.75, 3.05) is 0 Å². The molecule has 2 aromatic rings. The lowest BCUT2D eigenvalue weighted by Gasteiger charge is -2.11. The number of carboxylic acids is 1. The maximum absolute atomic E-state index is 12.4. The Labute approximate surface area is 131 Å². The molecule has 0 amide bonds. The van der Waals surface area contributed by atoms with Crippen LogP contribution in [0.2, 0.25) is 0 Å². The maximum atomic E-state index is 12.4. The Morgan fingerprint density at radius 3 is 2.24 bits per heavy atom. The van der Waals surface area contributed by atoms with Gasteiger partial charge in [-0.3, -0.25) is 0 Å². The average Bonchev–Trinajstić information content (AvgIpc) is 2.40. The van der Waals surface area contributed by atoms with Crippen molar-refractivity contribution in [3.05, 3.63) is 57.2 Å². The van der Waals surface area contributed by atoms with Crippen molar-refractivity contribution >= 4 is 28.6 Å². The number of carbonyl (C=O) groups is 1. The fraction of sp³-hybridized carbons (Fsp3) is 0.0714. The lowest BCUT2D eigenvalue weighted by Crippen LogP contribution is -2.04. The standard InChI is InChI=1S/C14H8F3IO3/c15-14(16,17)8-1-4-10(5-2-8)21-12-6-3-9(18)7-11(12)13(19)20/h1-7H,(H,19,20). The number of alkyl halides is 3. The number of benzene rings is 2. The minimum absolute atomic E-state index is 0.0539. The molecule has 0 fully saturated rings. The van der Waals surface area contributed by atoms with Gasteiger partial charge in [-0.15, -0.1) is 0 Å². The van der Waals surface area contributed by atoms with Gasteiger partial charge >= 0.3 is 12.1 Å². The molecule has 0 aliphatic rings. The van der Waals surface area contributed by atoms with Gasteiger partial charge in [-0.25, -0.2) is 4.79 Å². The summed E-state index contributed by atoms with van der Waals surface area (Å²) < 4.78 is 43.4. The van der Waals surface area contributed by atoms with Crippen LogP contribution < -0.4 is 4.74 Å². The normalized spacial score (nSPS) is 11.2. The van der Waals surface area contributed by atoms with Gasteiger partial charge < -0.3 is 9.84 Å². The summed E-state index contributed by atoms with van der Waals surface area (Å²) in [5.41, 5.74) is -0.849. The summed E-state index contributed by atoms with van der Waals surface area (Å²) in [6.45, 7) is 0. The van der Waals surface area contributed by atoms with Gasteiger partial charge in [0.05, 0.1) is 5.56 Å². The first-order chi connectivity index (χ1) is 9.77. The monoisotopic (exact) mass is 408 g/mol. The van der Waals surface area contributed by atoms with Crippen LogP contribution in [-0.2, 0) is 6.18 Å². The fourth-order valence-electron chi connectivity index (χ4n) is 1.60. The molecule has 0 spiro atoms. The molecule has 0 aromatic heterocycles. The zero-order valence-electron chi connectivity index (χ0n) is 10.3. The number of hydrogen-bond donors (Lipinski definition) is 1. The third kappa shape index (κ3) is 3.87. The molecule has 2 aromatic carbocycles. The predicted molar refractivity (Wildman–Crippen MR) is 77.6 cm³/mol. The molecular formula is C14H8F3IO3. The van der Waals surface area contributed by atoms with Crippen LogP contribution in [-0.4, -0.2) is 11.1 Å². The molecule has 0 bridgehead atoms. The number of halogens is 4. The second kappa shape index (κ2) is 5.92. The molecule has 0 heterocycles. The van der Waals surface area contributed by atoms with Gasteiger partial charge in [-0.05, 0) is 65.1 Å². The Hall–Kier alpha value is -1.77. The van der Waals surface area contributed by atoms with Crippen LogP contribution in [0.1, 0.15) is 15.9 Å². The summed E-state index contributed by atoms with van der Waals surface area (Å²) in [7, 11) is 0. The van der Waals surface area contributed by atoms with Gasteiger partial charge in [0.1, 0.15) is 17.1 Å². The van der Waals surface area contributed by atoms with E-state index < -0.39 is 17.7 Å². The fourth-order valence-corrected chi connectivity index (χ4v) is 2.09. The van der Waals surface area contributed by atoms with Crippen LogP contribution in [0.15, 0.2) is 42.5 Å². The Balaban J connectivity index is 2.28. The van der Waals surface area contributed by atoms with Crippen molar-refractivity contribution in [3.63, 3.8) is 0 Å². The zero-order chi connectivity index (χ0) is 15.6. The molecule has 0 aliphatic carbocycles. The minimum Gasteiger partial charge on any atom is -0.478 e. The first-order valence-electron chi connectivity index (χ1n) is 5.65. The van der Waals surface area contributed by atoms with Crippen molar-refractivity contribution in [1.29, 1.82) is 0 Å². The van der Waals surface area contributed by atoms with Gasteiger partial charge in [0.15, 0.2) is 0 Å². The molecule has 0 atom stereocenters. The van der Waals surface area contributed by atoms with Gasteiger partial charge in [0.25, 0.3) is 0 Å². The molecule has 7 heteroatoms. The van der Waals surface area contributed by atoms with Crippen LogP contribution in [0.25, 0.3) is 0 Å². The van der Waals surface area contributed by atoms with Crippen molar-refractivity contribution < 1.29 is 27.8 Å². The van der Waals surface area contributed by atoms with E-state index in [9.17, 15) is 18.0 Å². The SMILES string of the molecule is O=C(O)c1cc(I)ccc1Oc1ccc(C(F)(F)F)cc1. The predicted octanol–water partition coefficient (Wildman–Crippen LogP) is 4.80. The van der Waals surface area contributed by atoms with E-state index in [0.717, 1.165) is 24.3 Å². The molecule has 21 heavy (non-hydrogen) atoms. The lowest BCUT2D eigenvalue weighted by atomic mass is 10.2. The van der Waals surface area contributed by atoms with Gasteiger partial charge in [-0.2, -0.15) is 13.2 Å². The lowest BCUT2D eigenvalue weighted by molar-refractivity contribution is -0.137. The number of ether oxygens (including phenoxy) is 1. The van der Waals surface area contributed by atoms with Crippen LogP contribution in [0, 0.1) is 3.57 Å². The van der Waals surface area contributed by atoms with Gasteiger partial charge in [-0.1, -0.05) is 0 Å². The Kier molecular flexibility index (Phi) is 4.40. The second-order valence-electron chi connectivity index (χ2n) is 4.07. The van der Waals surface area contributed by atoms with E-state index in [2.05, 4.69) is 0 Å². The van der Waals surface area contributed by atoms with E-state index in [1.54, 1.807) is 6.07 Å². The highest BCUT2D eigenvalue weighted by Gasteiger charge is 2.30. The number of carboxylic acid groups (broad SMARTS) is 1. The average molecular weight is 408 g/mol. The minimum atomic E-state index is -4.42. The first kappa shape index (κ1) is 15.6. The molecule has 1 N–H and O–H groups in total. The molecule has 2 rings (SSSR count). The van der Waals surface area contributed by atoms with E-state index in [1.807, 2.05) is 22.6 Å². The van der Waals surface area contributed by atoms with E-state index in [-0.39, 0.29) is 17.1 Å². The summed E-state index contributed by atoms with van der Waals surface area (Å²) in [4.78, 5) is 11.1.